The van der Waals surface area contributed by atoms with E-state index in [0.29, 0.717) is 17.8 Å². The molecule has 0 bridgehead atoms. The van der Waals surface area contributed by atoms with Crippen LogP contribution in [0.4, 0.5) is 4.79 Å². The van der Waals surface area contributed by atoms with Crippen molar-refractivity contribution in [2.45, 2.75) is 13.8 Å². The van der Waals surface area contributed by atoms with E-state index in [1.807, 2.05) is 0 Å². The average Bonchev–Trinajstić information content (AvgIpc) is 3.27. The summed E-state index contributed by atoms with van der Waals surface area (Å²) in [5.41, 5.74) is 0.714. The lowest BCUT2D eigenvalue weighted by atomic mass is 10.4. The van der Waals surface area contributed by atoms with Gasteiger partial charge in [0.15, 0.2) is 0 Å². The molecule has 0 aliphatic carbocycles. The number of aromatic nitrogens is 2. The van der Waals surface area contributed by atoms with Gasteiger partial charge in [0.05, 0.1) is 33.0 Å². The van der Waals surface area contributed by atoms with Gasteiger partial charge < -0.3 is 28.8 Å². The molecule has 31 heavy (non-hydrogen) atoms. The average molecular weight is 442 g/mol. The molecule has 0 aliphatic heterocycles. The van der Waals surface area contributed by atoms with Crippen LogP contribution in [-0.2, 0) is 33.3 Å². The SMILES string of the molecule is C=C(C)C(=O)OCCOCCO.C=C(C)C(=O)OCCOCCOC(=O)n1ccnc1. The Balaban J connectivity index is 0.000000649. The third-order valence-electron chi connectivity index (χ3n) is 3.02. The van der Waals surface area contributed by atoms with Gasteiger partial charge in [-0.15, -0.1) is 0 Å². The molecule has 174 valence electrons. The first-order valence-electron chi connectivity index (χ1n) is 9.36. The van der Waals surface area contributed by atoms with E-state index in [2.05, 4.69) is 18.1 Å². The molecule has 0 spiro atoms. The van der Waals surface area contributed by atoms with Gasteiger partial charge in [-0.3, -0.25) is 0 Å². The quantitative estimate of drug-likeness (QED) is 0.205. The topological polar surface area (TPSA) is 135 Å². The number of imidazole rings is 1. The molecule has 0 saturated heterocycles. The van der Waals surface area contributed by atoms with Crippen LogP contribution in [-0.4, -0.2) is 85.5 Å². The molecule has 1 aromatic heterocycles. The number of esters is 2. The second kappa shape index (κ2) is 17.8. The van der Waals surface area contributed by atoms with Gasteiger partial charge >= 0.3 is 18.0 Å². The van der Waals surface area contributed by atoms with Crippen molar-refractivity contribution in [2.24, 2.45) is 0 Å². The monoisotopic (exact) mass is 442 g/mol. The van der Waals surface area contributed by atoms with Crippen molar-refractivity contribution in [2.75, 3.05) is 52.9 Å². The molecule has 0 unspecified atom stereocenters. The van der Waals surface area contributed by atoms with Gasteiger partial charge in [0.1, 0.15) is 26.1 Å². The number of rotatable bonds is 13. The first kappa shape index (κ1) is 28.0. The standard InChI is InChI=1S/C12H16N2O5.C8H14O4/c1-10(2)11(15)18-7-5-17-6-8-19-12(16)14-4-3-13-9-14;1-7(2)8(10)12-6-5-11-4-3-9/h3-4,9H,1,5-8H2,2H3;9H,1,3-6H2,2H3. The zero-order valence-corrected chi connectivity index (χ0v) is 17.9. The minimum Gasteiger partial charge on any atom is -0.460 e. The highest BCUT2D eigenvalue weighted by atomic mass is 16.6. The molecule has 0 radical (unpaired) electrons. The molecule has 1 rings (SSSR count). The Morgan fingerprint density at radius 1 is 0.839 bits per heavy atom. The Hall–Kier alpha value is -3.02. The van der Waals surface area contributed by atoms with Crippen LogP contribution in [0.25, 0.3) is 0 Å². The van der Waals surface area contributed by atoms with E-state index in [1.54, 1.807) is 13.8 Å². The van der Waals surface area contributed by atoms with E-state index in [4.69, 9.17) is 28.8 Å². The summed E-state index contributed by atoms with van der Waals surface area (Å²) in [6.07, 6.45) is 3.80. The maximum atomic E-state index is 11.3. The van der Waals surface area contributed by atoms with Crippen molar-refractivity contribution in [3.8, 4) is 0 Å². The van der Waals surface area contributed by atoms with Crippen molar-refractivity contribution >= 4 is 18.0 Å². The van der Waals surface area contributed by atoms with Crippen LogP contribution in [0.2, 0.25) is 0 Å². The normalized spacial score (nSPS) is 9.77. The fraction of sp³-hybridized carbons (Fsp3) is 0.500. The van der Waals surface area contributed by atoms with E-state index in [1.165, 1.54) is 23.3 Å². The molecule has 0 fully saturated rings. The van der Waals surface area contributed by atoms with Gasteiger partial charge in [-0.1, -0.05) is 13.2 Å². The zero-order valence-electron chi connectivity index (χ0n) is 17.9. The highest BCUT2D eigenvalue weighted by Crippen LogP contribution is 1.93. The Labute approximate surface area is 181 Å². The number of aliphatic hydroxyl groups excluding tert-OH is 1. The largest absolute Gasteiger partial charge is 0.460 e. The highest BCUT2D eigenvalue weighted by molar-refractivity contribution is 5.87. The number of carbonyl (C=O) groups is 3. The van der Waals surface area contributed by atoms with Crippen LogP contribution in [0.5, 0.6) is 0 Å². The first-order chi connectivity index (χ1) is 14.8. The highest BCUT2D eigenvalue weighted by Gasteiger charge is 2.05. The zero-order chi connectivity index (χ0) is 23.5. The summed E-state index contributed by atoms with van der Waals surface area (Å²) in [6, 6.07) is 0. The fourth-order valence-electron chi connectivity index (χ4n) is 1.53. The van der Waals surface area contributed by atoms with E-state index < -0.39 is 18.0 Å². The predicted molar refractivity (Wildman–Crippen MR) is 109 cm³/mol. The van der Waals surface area contributed by atoms with E-state index in [0.717, 1.165) is 0 Å². The third kappa shape index (κ3) is 15.5. The van der Waals surface area contributed by atoms with Gasteiger partial charge in [-0.2, -0.15) is 0 Å². The van der Waals surface area contributed by atoms with Crippen LogP contribution in [0.15, 0.2) is 43.0 Å². The first-order valence-corrected chi connectivity index (χ1v) is 9.36. The van der Waals surface area contributed by atoms with Crippen LogP contribution in [0, 0.1) is 0 Å². The van der Waals surface area contributed by atoms with E-state index >= 15 is 0 Å². The number of aliphatic hydroxyl groups is 1. The van der Waals surface area contributed by atoms with Crippen molar-refractivity contribution in [1.82, 2.24) is 9.55 Å². The van der Waals surface area contributed by atoms with Crippen molar-refractivity contribution in [3.63, 3.8) is 0 Å². The summed E-state index contributed by atoms with van der Waals surface area (Å²) in [6.45, 7) is 11.5. The number of ether oxygens (including phenoxy) is 5. The van der Waals surface area contributed by atoms with Crippen LogP contribution in [0.3, 0.4) is 0 Å². The number of nitrogens with zero attached hydrogens (tertiary/aromatic N) is 2. The summed E-state index contributed by atoms with van der Waals surface area (Å²) in [4.78, 5) is 36.8. The molecule has 0 saturated carbocycles. The number of hydrogen-bond donors (Lipinski definition) is 1. The molecular formula is C20H30N2O9. The van der Waals surface area contributed by atoms with Crippen LogP contribution >= 0.6 is 0 Å². The summed E-state index contributed by atoms with van der Waals surface area (Å²) < 4.78 is 25.6. The van der Waals surface area contributed by atoms with Crippen molar-refractivity contribution < 1.29 is 43.2 Å². The van der Waals surface area contributed by atoms with Crippen molar-refractivity contribution in [1.29, 1.82) is 0 Å². The lowest BCUT2D eigenvalue weighted by Gasteiger charge is -2.07. The maximum absolute atomic E-state index is 11.3. The molecule has 0 atom stereocenters. The number of hydrogen-bond acceptors (Lipinski definition) is 10. The predicted octanol–water partition coefficient (Wildman–Crippen LogP) is 1.12. The van der Waals surface area contributed by atoms with Crippen LogP contribution in [0.1, 0.15) is 13.8 Å². The Morgan fingerprint density at radius 2 is 1.32 bits per heavy atom. The Bertz CT molecular complexity index is 687. The van der Waals surface area contributed by atoms with Crippen molar-refractivity contribution in [3.05, 3.63) is 43.0 Å². The van der Waals surface area contributed by atoms with Crippen LogP contribution < -0.4 is 0 Å². The summed E-state index contributed by atoms with van der Waals surface area (Å²) in [5.74, 6) is -0.863. The Morgan fingerprint density at radius 3 is 1.74 bits per heavy atom. The lowest BCUT2D eigenvalue weighted by molar-refractivity contribution is -0.141. The summed E-state index contributed by atoms with van der Waals surface area (Å²) >= 11 is 0. The van der Waals surface area contributed by atoms with Gasteiger partial charge in [0, 0.05) is 23.5 Å². The second-order valence-corrected chi connectivity index (χ2v) is 5.87. The third-order valence-corrected chi connectivity index (χ3v) is 3.02. The molecule has 1 heterocycles. The molecule has 0 aliphatic rings. The van der Waals surface area contributed by atoms with Gasteiger partial charge in [0.25, 0.3) is 0 Å². The molecule has 11 nitrogen and oxygen atoms in total. The smallest absolute Gasteiger partial charge is 0.419 e. The van der Waals surface area contributed by atoms with Gasteiger partial charge in [0.2, 0.25) is 0 Å². The van der Waals surface area contributed by atoms with Gasteiger partial charge in [-0.25, -0.2) is 23.9 Å². The lowest BCUT2D eigenvalue weighted by Crippen LogP contribution is -2.17. The van der Waals surface area contributed by atoms with Gasteiger partial charge in [-0.05, 0) is 13.8 Å². The summed E-state index contributed by atoms with van der Waals surface area (Å²) in [7, 11) is 0. The number of carbonyl (C=O) groups excluding carboxylic acids is 3. The summed E-state index contributed by atoms with van der Waals surface area (Å²) in [5, 5.41) is 8.32. The Kier molecular flexibility index (Phi) is 16.1. The molecular weight excluding hydrogens is 412 g/mol. The minimum atomic E-state index is -0.519. The molecule has 1 N–H and O–H groups in total. The molecule has 11 heteroatoms. The fourth-order valence-corrected chi connectivity index (χ4v) is 1.53. The van der Waals surface area contributed by atoms with E-state index in [9.17, 15) is 14.4 Å². The molecule has 0 amide bonds. The second-order valence-electron chi connectivity index (χ2n) is 5.87. The minimum absolute atomic E-state index is 0.0194. The molecule has 0 aromatic carbocycles. The maximum Gasteiger partial charge on any atom is 0.419 e. The van der Waals surface area contributed by atoms with E-state index in [-0.39, 0.29) is 46.2 Å². The molecule has 1 aromatic rings.